The number of hydrogen-bond acceptors (Lipinski definition) is 5. The zero-order valence-electron chi connectivity index (χ0n) is 30.5. The van der Waals surface area contributed by atoms with Gasteiger partial charge in [-0.15, -0.1) is 21.9 Å². The number of aliphatic hydroxyl groups is 2. The third-order valence-electron chi connectivity index (χ3n) is 9.18. The fourth-order valence-corrected chi connectivity index (χ4v) is 7.99. The van der Waals surface area contributed by atoms with Gasteiger partial charge in [0, 0.05) is 28.6 Å². The first-order chi connectivity index (χ1) is 29.8. The molecule has 0 aromatic heterocycles. The Morgan fingerprint density at radius 3 is 0.953 bits per heavy atom. The van der Waals surface area contributed by atoms with Crippen LogP contribution in [0.25, 0.3) is 0 Å². The van der Waals surface area contributed by atoms with Crippen LogP contribution in [-0.4, -0.2) is 57.5 Å². The largest absolute Gasteiger partial charge is 0.391 e. The molecule has 0 aliphatic carbocycles. The molecule has 0 fully saturated rings. The summed E-state index contributed by atoms with van der Waals surface area (Å²) in [5, 5.41) is 28.4. The Labute approximate surface area is 344 Å². The van der Waals surface area contributed by atoms with Crippen LogP contribution in [0.1, 0.15) is 10.4 Å². The molecule has 0 amide bonds. The number of ketones is 1. The Bertz CT molecular complexity index is 2320. The SMILES string of the molecule is Fc1c(F)c(F)c([B-](c2c(F)c(F)c(F)c(F)c2F)(c2c(F)c(F)c(F)c(F)c2F)c2c(F)c(F)c(F)c(F)c2F)c(F)c1F.O=C(C[S+](CCO)CCO)c1cccc([N+](=O)[O-])c1. The average Bonchev–Trinajstić information content (AvgIpc) is 3.26. The quantitative estimate of drug-likeness (QED) is 0.0226. The van der Waals surface area contributed by atoms with Gasteiger partial charge in [-0.25, -0.2) is 87.8 Å². The number of halogens is 20. The van der Waals surface area contributed by atoms with Crippen LogP contribution < -0.4 is 21.9 Å². The van der Waals surface area contributed by atoms with Crippen molar-refractivity contribution in [3.8, 4) is 0 Å². The van der Waals surface area contributed by atoms with E-state index in [-0.39, 0.29) is 30.4 Å². The van der Waals surface area contributed by atoms with E-state index in [0.717, 1.165) is 0 Å². The molecule has 0 aliphatic rings. The highest BCUT2D eigenvalue weighted by Gasteiger charge is 2.52. The summed E-state index contributed by atoms with van der Waals surface area (Å²) in [5.41, 5.74) is -14.2. The van der Waals surface area contributed by atoms with E-state index < -0.39 is 160 Å². The van der Waals surface area contributed by atoms with Crippen molar-refractivity contribution >= 4 is 50.4 Å². The van der Waals surface area contributed by atoms with Gasteiger partial charge in [0.05, 0.1) is 18.1 Å². The van der Waals surface area contributed by atoms with E-state index in [9.17, 15) is 67.6 Å². The van der Waals surface area contributed by atoms with Crippen LogP contribution in [0.5, 0.6) is 0 Å². The number of carbonyl (C=O) groups excluding carboxylic acids is 1. The van der Waals surface area contributed by atoms with E-state index in [0.29, 0.717) is 17.1 Å². The van der Waals surface area contributed by atoms with Crippen molar-refractivity contribution in [3.05, 3.63) is 156 Å². The number of aliphatic hydroxyl groups excluding tert-OH is 2. The molecule has 6 nitrogen and oxygen atoms in total. The Balaban J connectivity index is 0.000000395. The highest BCUT2D eigenvalue weighted by molar-refractivity contribution is 7.97. The number of nitrogens with zero attached hydrogens (tertiary/aromatic N) is 1. The molecule has 5 aromatic rings. The van der Waals surface area contributed by atoms with Gasteiger partial charge in [0.25, 0.3) is 5.69 Å². The molecule has 0 aliphatic heterocycles. The van der Waals surface area contributed by atoms with Crippen molar-refractivity contribution in [2.75, 3.05) is 30.5 Å². The highest BCUT2D eigenvalue weighted by atomic mass is 32.2. The first kappa shape index (κ1) is 50.7. The second-order valence-electron chi connectivity index (χ2n) is 12.6. The molecule has 0 heterocycles. The van der Waals surface area contributed by atoms with E-state index >= 15 is 35.1 Å². The molecule has 0 radical (unpaired) electrons. The maximum Gasteiger partial charge on any atom is 0.270 e. The Kier molecular flexibility index (Phi) is 15.4. The molecule has 2 N–H and O–H groups in total. The van der Waals surface area contributed by atoms with Crippen molar-refractivity contribution in [2.24, 2.45) is 0 Å². The lowest BCUT2D eigenvalue weighted by molar-refractivity contribution is -0.384. The summed E-state index contributed by atoms with van der Waals surface area (Å²) < 4.78 is 294. The normalized spacial score (nSPS) is 11.6. The fourth-order valence-electron chi connectivity index (χ4n) is 6.44. The Morgan fingerprint density at radius 2 is 0.719 bits per heavy atom. The summed E-state index contributed by atoms with van der Waals surface area (Å²) in [5.74, 6) is -70.5. The van der Waals surface area contributed by atoms with Crippen molar-refractivity contribution in [1.29, 1.82) is 0 Å². The van der Waals surface area contributed by atoms with E-state index in [1.165, 1.54) is 24.3 Å². The number of rotatable bonds is 12. The smallest absolute Gasteiger partial charge is 0.270 e. The molecule has 64 heavy (non-hydrogen) atoms. The van der Waals surface area contributed by atoms with Crippen LogP contribution in [0, 0.1) is 126 Å². The highest BCUT2D eigenvalue weighted by Crippen LogP contribution is 2.31. The zero-order valence-corrected chi connectivity index (χ0v) is 31.3. The number of nitro benzene ring substituents is 1. The van der Waals surface area contributed by atoms with Gasteiger partial charge in [0.2, 0.25) is 5.78 Å². The lowest BCUT2D eigenvalue weighted by atomic mass is 9.12. The second kappa shape index (κ2) is 19.5. The van der Waals surface area contributed by atoms with Crippen molar-refractivity contribution < 1.29 is 108 Å². The second-order valence-corrected chi connectivity index (χ2v) is 15.0. The van der Waals surface area contributed by atoms with E-state index in [1.807, 2.05) is 0 Å². The molecule has 0 atom stereocenters. The van der Waals surface area contributed by atoms with Gasteiger partial charge in [0.15, 0.2) is 75.6 Å². The van der Waals surface area contributed by atoms with Crippen LogP contribution in [0.4, 0.5) is 93.5 Å². The van der Waals surface area contributed by atoms with Gasteiger partial charge in [-0.2, -0.15) is 0 Å². The topological polar surface area (TPSA) is 101 Å². The fraction of sp³-hybridized carbons (Fsp3) is 0.139. The molecule has 5 rings (SSSR count). The number of non-ortho nitro benzene ring substituents is 1. The van der Waals surface area contributed by atoms with Crippen LogP contribution >= 0.6 is 0 Å². The number of Topliss-reactive ketones (excluding diaryl/α,β-unsaturated/α-hetero) is 1. The predicted octanol–water partition coefficient (Wildman–Crippen LogP) is 6.23. The standard InChI is InChI=1S/C24BF20.C12H16NO5S/c26-5-1(6(27)14(35)21(42)13(5)34)25(2-7(28)15(36)22(43)16(37)8(2)29,3-9(30)17(38)23(44)18(39)10(3)31)4-11(32)19(40)24(45)20(41)12(4)33;14-4-6-19(7-5-15)9-12(16)10-2-1-3-11(8-10)13(17)18/h;1-3,8,14-15H,4-7,9H2/q-1;+1. The van der Waals surface area contributed by atoms with E-state index in [2.05, 4.69) is 0 Å². The molecule has 5 aromatic carbocycles. The maximum atomic E-state index is 15.4. The maximum absolute atomic E-state index is 15.4. The minimum Gasteiger partial charge on any atom is -0.391 e. The predicted molar refractivity (Wildman–Crippen MR) is 183 cm³/mol. The van der Waals surface area contributed by atoms with Gasteiger partial charge >= 0.3 is 0 Å². The van der Waals surface area contributed by atoms with Crippen molar-refractivity contribution in [3.63, 3.8) is 0 Å². The summed E-state index contributed by atoms with van der Waals surface area (Å²) in [6, 6.07) is 5.59. The van der Waals surface area contributed by atoms with Crippen molar-refractivity contribution in [1.82, 2.24) is 0 Å². The van der Waals surface area contributed by atoms with Gasteiger partial charge in [-0.3, -0.25) is 14.9 Å². The lowest BCUT2D eigenvalue weighted by Gasteiger charge is -2.44. The van der Waals surface area contributed by atoms with Crippen LogP contribution in [-0.2, 0) is 10.9 Å². The third-order valence-corrected chi connectivity index (χ3v) is 11.4. The van der Waals surface area contributed by atoms with Gasteiger partial charge in [0.1, 0.15) is 64.2 Å². The Hall–Kier alpha value is -5.90. The number of nitro groups is 1. The molecule has 0 spiro atoms. The van der Waals surface area contributed by atoms with E-state index in [4.69, 9.17) is 10.2 Å². The third kappa shape index (κ3) is 8.44. The Morgan fingerprint density at radius 1 is 0.469 bits per heavy atom. The van der Waals surface area contributed by atoms with Crippen LogP contribution in [0.15, 0.2) is 24.3 Å². The van der Waals surface area contributed by atoms with Crippen LogP contribution in [0.2, 0.25) is 0 Å². The minimum atomic E-state index is -7.22. The monoisotopic (exact) mass is 965 g/mol. The summed E-state index contributed by atoms with van der Waals surface area (Å²) >= 11 is 0. The molecule has 0 bridgehead atoms. The summed E-state index contributed by atoms with van der Waals surface area (Å²) in [7, 11) is -0.392. The molecule has 0 saturated heterocycles. The summed E-state index contributed by atoms with van der Waals surface area (Å²) in [4.78, 5) is 22.1. The molecular weight excluding hydrogens is 949 g/mol. The zero-order chi connectivity index (χ0) is 48.6. The first-order valence-electron chi connectivity index (χ1n) is 16.7. The van der Waals surface area contributed by atoms with Crippen molar-refractivity contribution in [2.45, 2.75) is 0 Å². The number of carbonyl (C=O) groups is 1. The minimum absolute atomic E-state index is 0.0364. The molecular formula is C36H16BF20NO5S. The molecule has 28 heteroatoms. The molecule has 344 valence electrons. The average molecular weight is 965 g/mol. The van der Waals surface area contributed by atoms with E-state index in [1.54, 1.807) is 0 Å². The summed E-state index contributed by atoms with van der Waals surface area (Å²) in [6.45, 7) is -0.0728. The van der Waals surface area contributed by atoms with Crippen LogP contribution in [0.3, 0.4) is 0 Å². The lowest BCUT2D eigenvalue weighted by Crippen LogP contribution is -2.81. The number of hydrogen-bond donors (Lipinski definition) is 2. The van der Waals surface area contributed by atoms with Gasteiger partial charge in [-0.1, -0.05) is 12.1 Å². The summed E-state index contributed by atoms with van der Waals surface area (Å²) in [6.07, 6.45) is -7.22. The van der Waals surface area contributed by atoms with Gasteiger partial charge < -0.3 is 10.2 Å². The molecule has 0 saturated carbocycles. The number of benzene rings is 5. The first-order valence-corrected chi connectivity index (χ1v) is 18.4. The van der Waals surface area contributed by atoms with Gasteiger partial charge in [-0.05, 0) is 0 Å². The molecule has 0 unspecified atom stereocenters.